The molecule has 11 nitrogen and oxygen atoms in total. The Morgan fingerprint density at radius 3 is 1.97 bits per heavy atom. The summed E-state index contributed by atoms with van der Waals surface area (Å²) in [5, 5.41) is 3.17. The zero-order valence-corrected chi connectivity index (χ0v) is 18.2. The van der Waals surface area contributed by atoms with Gasteiger partial charge in [0.25, 0.3) is 5.91 Å². The highest BCUT2D eigenvalue weighted by Gasteiger charge is 2.62. The van der Waals surface area contributed by atoms with Crippen LogP contribution in [0.5, 0.6) is 5.75 Å². The van der Waals surface area contributed by atoms with Crippen molar-refractivity contribution in [2.45, 2.75) is 24.2 Å². The summed E-state index contributed by atoms with van der Waals surface area (Å²) in [6, 6.07) is 3.47. The van der Waals surface area contributed by atoms with Crippen LogP contribution in [0.4, 0.5) is 5.69 Å². The zero-order valence-electron chi connectivity index (χ0n) is 18.2. The Labute approximate surface area is 184 Å². The smallest absolute Gasteiger partial charge is 0.337 e. The number of nitrogens with one attached hydrogen (secondary N) is 1. The van der Waals surface area contributed by atoms with Crippen molar-refractivity contribution in [1.82, 2.24) is 4.90 Å². The van der Waals surface area contributed by atoms with E-state index in [-0.39, 0.29) is 11.1 Å². The number of hydrogen-bond acceptors (Lipinski definition) is 10. The lowest BCUT2D eigenvalue weighted by Gasteiger charge is -2.26. The molecule has 0 unspecified atom stereocenters. The Hall–Kier alpha value is -3.60. The first-order chi connectivity index (χ1) is 15.3. The first kappa shape index (κ1) is 23.1. The molecule has 11 heteroatoms. The molecular formula is C21H24N2O9. The minimum absolute atomic E-state index is 0.173. The van der Waals surface area contributed by atoms with Gasteiger partial charge in [-0.05, 0) is 24.3 Å². The third kappa shape index (κ3) is 3.64. The Morgan fingerprint density at radius 1 is 0.875 bits per heavy atom. The number of nitrogens with zero attached hydrogens (tertiary/aromatic N) is 1. The van der Waals surface area contributed by atoms with Gasteiger partial charge in [-0.25, -0.2) is 14.4 Å². The number of esters is 3. The van der Waals surface area contributed by atoms with Crippen LogP contribution in [0, 0.1) is 0 Å². The van der Waals surface area contributed by atoms with E-state index in [0.717, 1.165) is 26.2 Å². The summed E-state index contributed by atoms with van der Waals surface area (Å²) >= 11 is 0. The Bertz CT molecular complexity index is 957. The van der Waals surface area contributed by atoms with E-state index in [4.69, 9.17) is 23.7 Å². The fourth-order valence-electron chi connectivity index (χ4n) is 4.13. The summed E-state index contributed by atoms with van der Waals surface area (Å²) < 4.78 is 25.1. The van der Waals surface area contributed by atoms with Gasteiger partial charge >= 0.3 is 17.9 Å². The molecule has 0 aromatic heterocycles. The van der Waals surface area contributed by atoms with Crippen molar-refractivity contribution in [3.63, 3.8) is 0 Å². The van der Waals surface area contributed by atoms with E-state index in [1.54, 1.807) is 24.3 Å². The lowest BCUT2D eigenvalue weighted by atomic mass is 9.95. The van der Waals surface area contributed by atoms with Crippen molar-refractivity contribution in [3.05, 3.63) is 35.4 Å². The fourth-order valence-corrected chi connectivity index (χ4v) is 4.13. The zero-order chi connectivity index (χ0) is 23.6. The van der Waals surface area contributed by atoms with Crippen molar-refractivity contribution in [2.24, 2.45) is 0 Å². The topological polar surface area (TPSA) is 130 Å². The van der Waals surface area contributed by atoms with E-state index < -0.39 is 48.0 Å². The van der Waals surface area contributed by atoms with E-state index in [0.29, 0.717) is 11.4 Å². The number of carbonyl (C=O) groups is 4. The highest BCUT2D eigenvalue weighted by molar-refractivity contribution is 6.11. The van der Waals surface area contributed by atoms with Crippen LogP contribution in [0.2, 0.25) is 0 Å². The molecule has 1 aromatic carbocycles. The summed E-state index contributed by atoms with van der Waals surface area (Å²) in [6.07, 6.45) is -1.06. The van der Waals surface area contributed by atoms with Gasteiger partial charge in [0.1, 0.15) is 5.75 Å². The first-order valence-corrected chi connectivity index (χ1v) is 9.58. The molecule has 1 N–H and O–H groups in total. The highest BCUT2D eigenvalue weighted by atomic mass is 16.5. The largest absolute Gasteiger partial charge is 0.497 e. The predicted octanol–water partition coefficient (Wildman–Crippen LogP) is -0.101. The van der Waals surface area contributed by atoms with Crippen molar-refractivity contribution in [3.8, 4) is 5.75 Å². The quantitative estimate of drug-likeness (QED) is 0.446. The van der Waals surface area contributed by atoms with E-state index in [9.17, 15) is 19.2 Å². The minimum Gasteiger partial charge on any atom is -0.497 e. The van der Waals surface area contributed by atoms with Crippen LogP contribution in [0.3, 0.4) is 0 Å². The molecule has 2 aliphatic rings. The molecule has 1 aromatic rings. The second kappa shape index (κ2) is 9.27. The summed E-state index contributed by atoms with van der Waals surface area (Å²) in [5.41, 5.74) is 0.118. The van der Waals surface area contributed by atoms with Gasteiger partial charge in [0, 0.05) is 12.8 Å². The molecule has 0 spiro atoms. The average molecular weight is 448 g/mol. The SMILES string of the molecule is COC(=O)C1=C(C(=O)OC)[C@@H]2[C@H](Nc3ccc(OC)cc3)[C@@H](OC)C(=O)N2[C@@H]1C(=O)OC. The van der Waals surface area contributed by atoms with Gasteiger partial charge in [-0.3, -0.25) is 4.79 Å². The van der Waals surface area contributed by atoms with E-state index in [2.05, 4.69) is 5.32 Å². The van der Waals surface area contributed by atoms with Crippen LogP contribution >= 0.6 is 0 Å². The number of ether oxygens (including phenoxy) is 5. The highest BCUT2D eigenvalue weighted by Crippen LogP contribution is 2.42. The van der Waals surface area contributed by atoms with Gasteiger partial charge in [0.2, 0.25) is 0 Å². The van der Waals surface area contributed by atoms with Crippen LogP contribution in [0.15, 0.2) is 35.4 Å². The molecule has 172 valence electrons. The van der Waals surface area contributed by atoms with Crippen LogP contribution < -0.4 is 10.1 Å². The fraction of sp³-hybridized carbons (Fsp3) is 0.429. The van der Waals surface area contributed by atoms with Crippen LogP contribution in [-0.4, -0.2) is 88.5 Å². The lowest BCUT2D eigenvalue weighted by Crippen LogP contribution is -2.46. The van der Waals surface area contributed by atoms with E-state index in [1.165, 1.54) is 14.2 Å². The first-order valence-electron chi connectivity index (χ1n) is 9.58. The number of fused-ring (bicyclic) bond motifs is 1. The predicted molar refractivity (Wildman–Crippen MR) is 109 cm³/mol. The second-order valence-corrected chi connectivity index (χ2v) is 6.98. The van der Waals surface area contributed by atoms with Crippen LogP contribution in [-0.2, 0) is 38.1 Å². The maximum absolute atomic E-state index is 13.3. The van der Waals surface area contributed by atoms with Gasteiger partial charge in [-0.2, -0.15) is 0 Å². The van der Waals surface area contributed by atoms with Crippen molar-refractivity contribution in [2.75, 3.05) is 40.9 Å². The monoisotopic (exact) mass is 448 g/mol. The Kier molecular flexibility index (Phi) is 6.68. The number of benzene rings is 1. The standard InChI is InChI=1S/C21H24N2O9/c1-28-11-8-6-10(7-9-11)22-14-15-12(19(25)30-3)13(20(26)31-4)16(21(27)32-5)23(15)18(24)17(14)29-2/h6-9,14-17,22H,1-5H3/t14-,15+,16-,17+/m0/s1. The van der Waals surface area contributed by atoms with Crippen molar-refractivity contribution < 1.29 is 42.9 Å². The molecule has 3 rings (SSSR count). The van der Waals surface area contributed by atoms with E-state index in [1.807, 2.05) is 0 Å². The third-order valence-corrected chi connectivity index (χ3v) is 5.51. The summed E-state index contributed by atoms with van der Waals surface area (Å²) in [6.45, 7) is 0. The summed E-state index contributed by atoms with van der Waals surface area (Å²) in [4.78, 5) is 52.4. The molecule has 4 atom stereocenters. The maximum Gasteiger partial charge on any atom is 0.337 e. The lowest BCUT2D eigenvalue weighted by molar-refractivity contribution is -0.153. The number of hydrogen-bond donors (Lipinski definition) is 1. The molecule has 2 aliphatic heterocycles. The second-order valence-electron chi connectivity index (χ2n) is 6.98. The third-order valence-electron chi connectivity index (χ3n) is 5.51. The maximum atomic E-state index is 13.3. The number of methoxy groups -OCH3 is 5. The van der Waals surface area contributed by atoms with Crippen molar-refractivity contribution in [1.29, 1.82) is 0 Å². The molecule has 0 saturated carbocycles. The van der Waals surface area contributed by atoms with Crippen LogP contribution in [0.25, 0.3) is 0 Å². The molecule has 1 amide bonds. The molecule has 0 radical (unpaired) electrons. The normalized spacial score (nSPS) is 24.2. The minimum atomic E-state index is -1.49. The molecule has 0 bridgehead atoms. The summed E-state index contributed by atoms with van der Waals surface area (Å²) in [7, 11) is 6.22. The molecule has 1 saturated heterocycles. The number of anilines is 1. The summed E-state index contributed by atoms with van der Waals surface area (Å²) in [5.74, 6) is -2.70. The van der Waals surface area contributed by atoms with E-state index >= 15 is 0 Å². The van der Waals surface area contributed by atoms with Crippen molar-refractivity contribution >= 4 is 29.5 Å². The van der Waals surface area contributed by atoms with Crippen LogP contribution in [0.1, 0.15) is 0 Å². The molecule has 32 heavy (non-hydrogen) atoms. The van der Waals surface area contributed by atoms with Gasteiger partial charge in [0.05, 0.1) is 51.7 Å². The molecule has 2 heterocycles. The molecular weight excluding hydrogens is 424 g/mol. The number of amides is 1. The van der Waals surface area contributed by atoms with Gasteiger partial charge in [-0.15, -0.1) is 0 Å². The Morgan fingerprint density at radius 2 is 1.47 bits per heavy atom. The Balaban J connectivity index is 2.16. The van der Waals surface area contributed by atoms with Gasteiger partial charge < -0.3 is 33.9 Å². The number of rotatable bonds is 7. The average Bonchev–Trinajstić information content (AvgIpc) is 3.30. The number of carbonyl (C=O) groups excluding carboxylic acids is 4. The van der Waals surface area contributed by atoms with Gasteiger partial charge in [-0.1, -0.05) is 0 Å². The van der Waals surface area contributed by atoms with Gasteiger partial charge in [0.15, 0.2) is 12.1 Å². The molecule has 0 aliphatic carbocycles. The molecule has 1 fully saturated rings.